The quantitative estimate of drug-likeness (QED) is 0.841. The van der Waals surface area contributed by atoms with Crippen LogP contribution in [0.1, 0.15) is 36.1 Å². The van der Waals surface area contributed by atoms with E-state index >= 15 is 0 Å². The Labute approximate surface area is 133 Å². The lowest BCUT2D eigenvalue weighted by Gasteiger charge is -2.29. The topological polar surface area (TPSA) is 12.0 Å². The van der Waals surface area contributed by atoms with Crippen molar-refractivity contribution in [3.05, 3.63) is 69.4 Å². The number of fused-ring (bicyclic) bond motifs is 1. The molecule has 2 aromatic carbocycles. The van der Waals surface area contributed by atoms with Crippen molar-refractivity contribution in [1.29, 1.82) is 0 Å². The zero-order valence-electron chi connectivity index (χ0n) is 12.1. The van der Waals surface area contributed by atoms with Gasteiger partial charge in [-0.15, -0.1) is 0 Å². The summed E-state index contributed by atoms with van der Waals surface area (Å²) in [7, 11) is 0. The molecular weight excluding hydrogens is 329 g/mol. The van der Waals surface area contributed by atoms with Gasteiger partial charge in [0.05, 0.1) is 0 Å². The maximum Gasteiger partial charge on any atom is 0.127 e. The molecule has 0 spiro atoms. The van der Waals surface area contributed by atoms with Crippen molar-refractivity contribution in [1.82, 2.24) is 5.32 Å². The number of hydrogen-bond acceptors (Lipinski definition) is 1. The average Bonchev–Trinajstić information content (AvgIpc) is 2.48. The van der Waals surface area contributed by atoms with E-state index in [0.717, 1.165) is 29.3 Å². The summed E-state index contributed by atoms with van der Waals surface area (Å²) in [4.78, 5) is 0. The predicted molar refractivity (Wildman–Crippen MR) is 87.9 cm³/mol. The summed E-state index contributed by atoms with van der Waals surface area (Å²) in [6.07, 6.45) is 3.19. The summed E-state index contributed by atoms with van der Waals surface area (Å²) < 4.78 is 15.0. The van der Waals surface area contributed by atoms with Crippen molar-refractivity contribution in [2.45, 2.75) is 38.3 Å². The molecule has 0 aromatic heterocycles. The Bertz CT molecular complexity index is 641. The molecule has 0 fully saturated rings. The van der Waals surface area contributed by atoms with E-state index in [1.54, 1.807) is 6.07 Å². The van der Waals surface area contributed by atoms with Gasteiger partial charge in [0.25, 0.3) is 0 Å². The number of rotatable bonds is 3. The van der Waals surface area contributed by atoms with Gasteiger partial charge < -0.3 is 5.32 Å². The first-order valence-corrected chi connectivity index (χ1v) is 8.20. The minimum atomic E-state index is -0.127. The largest absolute Gasteiger partial charge is 0.307 e. The zero-order valence-corrected chi connectivity index (χ0v) is 13.7. The van der Waals surface area contributed by atoms with E-state index in [1.165, 1.54) is 17.2 Å². The lowest BCUT2D eigenvalue weighted by Crippen LogP contribution is -2.36. The van der Waals surface area contributed by atoms with E-state index in [0.29, 0.717) is 6.04 Å². The second kappa shape index (κ2) is 6.29. The molecule has 3 heteroatoms. The van der Waals surface area contributed by atoms with Crippen LogP contribution in [0.3, 0.4) is 0 Å². The van der Waals surface area contributed by atoms with Gasteiger partial charge >= 0.3 is 0 Å². The fraction of sp³-hybridized carbons (Fsp3) is 0.333. The average molecular weight is 348 g/mol. The molecule has 21 heavy (non-hydrogen) atoms. The van der Waals surface area contributed by atoms with Gasteiger partial charge in [-0.2, -0.15) is 0 Å². The molecule has 2 atom stereocenters. The Balaban J connectivity index is 1.70. The minimum Gasteiger partial charge on any atom is -0.307 e. The van der Waals surface area contributed by atoms with Gasteiger partial charge in [0.2, 0.25) is 0 Å². The summed E-state index contributed by atoms with van der Waals surface area (Å²) in [5.41, 5.74) is 3.59. The minimum absolute atomic E-state index is 0.0354. The summed E-state index contributed by atoms with van der Waals surface area (Å²) in [5.74, 6) is -0.127. The Morgan fingerprint density at radius 2 is 2.00 bits per heavy atom. The zero-order chi connectivity index (χ0) is 14.8. The van der Waals surface area contributed by atoms with Crippen LogP contribution in [0.25, 0.3) is 0 Å². The summed E-state index contributed by atoms with van der Waals surface area (Å²) in [5, 5.41) is 3.58. The van der Waals surface area contributed by atoms with Crippen LogP contribution in [0.4, 0.5) is 4.39 Å². The lowest BCUT2D eigenvalue weighted by atomic mass is 9.88. The normalized spacial score (nSPS) is 19.1. The Hall–Kier alpha value is -1.19. The second-order valence-corrected chi connectivity index (χ2v) is 6.68. The third-order valence-corrected chi connectivity index (χ3v) is 4.75. The summed E-state index contributed by atoms with van der Waals surface area (Å²) >= 11 is 3.53. The van der Waals surface area contributed by atoms with Gasteiger partial charge in [-0.05, 0) is 55.5 Å². The Kier molecular flexibility index (Phi) is 4.41. The van der Waals surface area contributed by atoms with Crippen LogP contribution < -0.4 is 5.32 Å². The molecule has 0 aliphatic heterocycles. The molecule has 1 aliphatic carbocycles. The van der Waals surface area contributed by atoms with E-state index < -0.39 is 0 Å². The number of benzene rings is 2. The van der Waals surface area contributed by atoms with E-state index in [-0.39, 0.29) is 11.9 Å². The van der Waals surface area contributed by atoms with Crippen molar-refractivity contribution in [3.8, 4) is 0 Å². The van der Waals surface area contributed by atoms with Gasteiger partial charge in [0, 0.05) is 22.1 Å². The van der Waals surface area contributed by atoms with Gasteiger partial charge in [0.1, 0.15) is 5.82 Å². The fourth-order valence-corrected chi connectivity index (χ4v) is 3.54. The Morgan fingerprint density at radius 3 is 2.81 bits per heavy atom. The third kappa shape index (κ3) is 3.35. The van der Waals surface area contributed by atoms with Crippen LogP contribution in [0.15, 0.2) is 46.9 Å². The first-order chi connectivity index (χ1) is 10.1. The molecule has 0 saturated carbocycles. The van der Waals surface area contributed by atoms with Gasteiger partial charge in [-0.25, -0.2) is 4.39 Å². The van der Waals surface area contributed by atoms with Gasteiger partial charge in [-0.1, -0.05) is 40.2 Å². The first kappa shape index (κ1) is 14.7. The van der Waals surface area contributed by atoms with Crippen molar-refractivity contribution in [2.75, 3.05) is 0 Å². The van der Waals surface area contributed by atoms with Crippen LogP contribution >= 0.6 is 15.9 Å². The third-order valence-electron chi connectivity index (χ3n) is 4.25. The maximum atomic E-state index is 13.8. The highest BCUT2D eigenvalue weighted by Crippen LogP contribution is 2.26. The molecule has 110 valence electrons. The molecule has 0 heterocycles. The molecular formula is C18H19BrFN. The summed E-state index contributed by atoms with van der Waals surface area (Å²) in [6, 6.07) is 14.0. The van der Waals surface area contributed by atoms with Crippen LogP contribution in [0, 0.1) is 5.82 Å². The monoisotopic (exact) mass is 347 g/mol. The second-order valence-electron chi connectivity index (χ2n) is 5.76. The predicted octanol–water partition coefficient (Wildman–Crippen LogP) is 4.80. The van der Waals surface area contributed by atoms with E-state index in [4.69, 9.17) is 0 Å². The SMILES string of the molecule is C[C@@H](NC1CCc2cc(Br)ccc2C1)c1ccccc1F. The highest BCUT2D eigenvalue weighted by molar-refractivity contribution is 9.10. The van der Waals surface area contributed by atoms with Crippen LogP contribution in [0.5, 0.6) is 0 Å². The van der Waals surface area contributed by atoms with Crippen molar-refractivity contribution < 1.29 is 4.39 Å². The number of hydrogen-bond donors (Lipinski definition) is 1. The molecule has 0 radical (unpaired) electrons. The van der Waals surface area contributed by atoms with Crippen LogP contribution in [0.2, 0.25) is 0 Å². The van der Waals surface area contributed by atoms with E-state index in [2.05, 4.69) is 39.4 Å². The van der Waals surface area contributed by atoms with E-state index in [9.17, 15) is 4.39 Å². The molecule has 0 bridgehead atoms. The van der Waals surface area contributed by atoms with Crippen molar-refractivity contribution in [2.24, 2.45) is 0 Å². The molecule has 3 rings (SSSR count). The first-order valence-electron chi connectivity index (χ1n) is 7.41. The lowest BCUT2D eigenvalue weighted by molar-refractivity contribution is 0.405. The van der Waals surface area contributed by atoms with Crippen molar-refractivity contribution >= 4 is 15.9 Å². The standard InChI is InChI=1S/C18H19BrFN/c1-12(17-4-2-3-5-18(17)20)21-16-9-7-13-10-15(19)8-6-14(13)11-16/h2-6,8,10,12,16,21H,7,9,11H2,1H3/t12-,16?/m1/s1. The number of halogens is 2. The Morgan fingerprint density at radius 1 is 1.19 bits per heavy atom. The highest BCUT2D eigenvalue weighted by Gasteiger charge is 2.21. The van der Waals surface area contributed by atoms with Crippen LogP contribution in [-0.4, -0.2) is 6.04 Å². The molecule has 0 amide bonds. The van der Waals surface area contributed by atoms with Gasteiger partial charge in [0.15, 0.2) is 0 Å². The smallest absolute Gasteiger partial charge is 0.127 e. The molecule has 1 unspecified atom stereocenters. The molecule has 1 nitrogen and oxygen atoms in total. The van der Waals surface area contributed by atoms with Crippen LogP contribution in [-0.2, 0) is 12.8 Å². The molecule has 0 saturated heterocycles. The van der Waals surface area contributed by atoms with Crippen molar-refractivity contribution in [3.63, 3.8) is 0 Å². The summed E-state index contributed by atoms with van der Waals surface area (Å²) in [6.45, 7) is 2.04. The number of nitrogens with one attached hydrogen (secondary N) is 1. The fourth-order valence-electron chi connectivity index (χ4n) is 3.14. The van der Waals surface area contributed by atoms with E-state index in [1.807, 2.05) is 19.1 Å². The molecule has 2 aromatic rings. The van der Waals surface area contributed by atoms with Gasteiger partial charge in [-0.3, -0.25) is 0 Å². The number of aryl methyl sites for hydroxylation is 1. The maximum absolute atomic E-state index is 13.8. The molecule has 1 aliphatic rings. The molecule has 1 N–H and O–H groups in total. The highest BCUT2D eigenvalue weighted by atomic mass is 79.9.